The summed E-state index contributed by atoms with van der Waals surface area (Å²) in [5.41, 5.74) is 5.57. The van der Waals surface area contributed by atoms with E-state index in [1.165, 1.54) is 11.1 Å². The van der Waals surface area contributed by atoms with Gasteiger partial charge in [0.25, 0.3) is 0 Å². The highest BCUT2D eigenvalue weighted by molar-refractivity contribution is 5.96. The number of allylic oxidation sites excluding steroid dienone is 1. The Balaban J connectivity index is 1.70. The summed E-state index contributed by atoms with van der Waals surface area (Å²) in [6, 6.07) is 8.89. The molecule has 0 spiro atoms. The maximum Gasteiger partial charge on any atom is 0.0732 e. The molecule has 2 aliphatic rings. The first-order valence-corrected chi connectivity index (χ1v) is 8.24. The van der Waals surface area contributed by atoms with Crippen molar-refractivity contribution in [2.24, 2.45) is 4.99 Å². The zero-order valence-corrected chi connectivity index (χ0v) is 13.3. The van der Waals surface area contributed by atoms with Gasteiger partial charge in [0.1, 0.15) is 0 Å². The normalized spacial score (nSPS) is 23.5. The van der Waals surface area contributed by atoms with E-state index in [9.17, 15) is 5.11 Å². The van der Waals surface area contributed by atoms with E-state index in [2.05, 4.69) is 40.7 Å². The maximum absolute atomic E-state index is 9.73. The van der Waals surface area contributed by atoms with Crippen LogP contribution < -0.4 is 5.32 Å². The van der Waals surface area contributed by atoms with Crippen LogP contribution in [0, 0.1) is 6.92 Å². The first-order chi connectivity index (χ1) is 11.2. The predicted octanol–water partition coefficient (Wildman–Crippen LogP) is 3.34. The number of benzene rings is 1. The maximum atomic E-state index is 9.73. The van der Waals surface area contributed by atoms with Gasteiger partial charge in [0.2, 0.25) is 0 Å². The molecule has 0 amide bonds. The van der Waals surface area contributed by atoms with E-state index in [0.717, 1.165) is 48.1 Å². The smallest absolute Gasteiger partial charge is 0.0732 e. The molecule has 118 valence electrons. The van der Waals surface area contributed by atoms with Crippen molar-refractivity contribution in [2.75, 3.05) is 11.9 Å². The number of aliphatic hydroxyl groups excluding tert-OH is 1. The Hall–Kier alpha value is -2.20. The molecule has 1 aromatic carbocycles. The van der Waals surface area contributed by atoms with Crippen LogP contribution in [0.15, 0.2) is 35.3 Å². The quantitative estimate of drug-likeness (QED) is 0.914. The highest BCUT2D eigenvalue weighted by atomic mass is 16.3. The molecule has 2 heterocycles. The van der Waals surface area contributed by atoms with Gasteiger partial charge in [-0.2, -0.15) is 0 Å². The second-order valence-corrected chi connectivity index (χ2v) is 6.53. The van der Waals surface area contributed by atoms with Crippen LogP contribution in [0.25, 0.3) is 16.5 Å². The number of hydrogen-bond acceptors (Lipinski definition) is 4. The number of hydrogen-bond donors (Lipinski definition) is 2. The first-order valence-electron chi connectivity index (χ1n) is 8.24. The highest BCUT2D eigenvalue weighted by Gasteiger charge is 2.23. The molecule has 2 aromatic rings. The molecule has 4 heteroatoms. The van der Waals surface area contributed by atoms with E-state index in [4.69, 9.17) is 4.98 Å². The summed E-state index contributed by atoms with van der Waals surface area (Å²) >= 11 is 0. The van der Waals surface area contributed by atoms with Crippen LogP contribution in [0.5, 0.6) is 0 Å². The lowest BCUT2D eigenvalue weighted by molar-refractivity contribution is 0.182. The van der Waals surface area contributed by atoms with Crippen molar-refractivity contribution >= 4 is 28.4 Å². The molecular formula is C19H21N3O. The number of rotatable bonds is 3. The zero-order valence-electron chi connectivity index (χ0n) is 13.3. The molecule has 1 fully saturated rings. The van der Waals surface area contributed by atoms with Gasteiger partial charge in [-0.15, -0.1) is 0 Å². The van der Waals surface area contributed by atoms with Crippen LogP contribution in [0.1, 0.15) is 30.5 Å². The minimum absolute atomic E-state index is 0.164. The predicted molar refractivity (Wildman–Crippen MR) is 95.1 cm³/mol. The Morgan fingerprint density at radius 2 is 2.13 bits per heavy atom. The van der Waals surface area contributed by atoms with Crippen molar-refractivity contribution in [3.05, 3.63) is 41.6 Å². The lowest BCUT2D eigenvalue weighted by Crippen LogP contribution is -2.17. The third-order valence-corrected chi connectivity index (χ3v) is 4.72. The number of aliphatic imine (C=N–C) groups is 1. The highest BCUT2D eigenvalue weighted by Crippen LogP contribution is 2.30. The Morgan fingerprint density at radius 3 is 2.87 bits per heavy atom. The number of aryl methyl sites for hydroxylation is 1. The van der Waals surface area contributed by atoms with Gasteiger partial charge < -0.3 is 10.4 Å². The minimum Gasteiger partial charge on any atom is -0.393 e. The fourth-order valence-corrected chi connectivity index (χ4v) is 3.52. The van der Waals surface area contributed by atoms with E-state index >= 15 is 0 Å². The summed E-state index contributed by atoms with van der Waals surface area (Å²) in [6.07, 6.45) is 6.50. The number of aliphatic hydroxyl groups is 1. The molecule has 1 aliphatic heterocycles. The molecule has 1 saturated carbocycles. The van der Waals surface area contributed by atoms with Crippen molar-refractivity contribution in [2.45, 2.75) is 38.3 Å². The number of pyridine rings is 1. The third-order valence-electron chi connectivity index (χ3n) is 4.72. The second kappa shape index (κ2) is 5.78. The van der Waals surface area contributed by atoms with E-state index < -0.39 is 0 Å². The summed E-state index contributed by atoms with van der Waals surface area (Å²) < 4.78 is 0. The number of aromatic nitrogens is 1. The minimum atomic E-state index is -0.164. The lowest BCUT2D eigenvalue weighted by atomic mass is 10.0. The monoisotopic (exact) mass is 307 g/mol. The molecular weight excluding hydrogens is 286 g/mol. The average Bonchev–Trinajstić information content (AvgIpc) is 3.18. The molecule has 0 radical (unpaired) electrons. The van der Waals surface area contributed by atoms with Gasteiger partial charge in [0, 0.05) is 29.0 Å². The van der Waals surface area contributed by atoms with Crippen molar-refractivity contribution < 1.29 is 5.11 Å². The van der Waals surface area contributed by atoms with Crippen molar-refractivity contribution in [1.29, 1.82) is 0 Å². The molecule has 0 bridgehead atoms. The molecule has 1 aromatic heterocycles. The van der Waals surface area contributed by atoms with E-state index in [1.807, 2.05) is 13.1 Å². The van der Waals surface area contributed by atoms with Crippen LogP contribution in [0.2, 0.25) is 0 Å². The Kier molecular flexibility index (Phi) is 3.62. The standard InChI is InChI=1S/C19H21N3O/c1-12-8-18(22-15-3-4-16(23)10-15)17-5-2-13(9-19(17)21-12)14-6-7-20-11-14/h2,5-9,15-16,23H,3-4,10-11H2,1H3,(H,21,22)/t15-,16-/m0/s1. The van der Waals surface area contributed by atoms with Gasteiger partial charge >= 0.3 is 0 Å². The Labute approximate surface area is 136 Å². The molecule has 1 aliphatic carbocycles. The lowest BCUT2D eigenvalue weighted by Gasteiger charge is -2.17. The molecule has 23 heavy (non-hydrogen) atoms. The third kappa shape index (κ3) is 2.86. The van der Waals surface area contributed by atoms with Gasteiger partial charge in [-0.05, 0) is 55.5 Å². The Bertz CT molecular complexity index is 810. The summed E-state index contributed by atoms with van der Waals surface area (Å²) in [5.74, 6) is 0. The molecule has 0 saturated heterocycles. The number of fused-ring (bicyclic) bond motifs is 1. The van der Waals surface area contributed by atoms with Gasteiger partial charge in [-0.3, -0.25) is 9.98 Å². The zero-order chi connectivity index (χ0) is 15.8. The number of nitrogens with zero attached hydrogens (tertiary/aromatic N) is 2. The van der Waals surface area contributed by atoms with Crippen LogP contribution in [0.3, 0.4) is 0 Å². The van der Waals surface area contributed by atoms with E-state index in [1.54, 1.807) is 0 Å². The molecule has 2 atom stereocenters. The summed E-state index contributed by atoms with van der Waals surface area (Å²) in [7, 11) is 0. The average molecular weight is 307 g/mol. The first kappa shape index (κ1) is 14.4. The number of anilines is 1. The Morgan fingerprint density at radius 1 is 1.22 bits per heavy atom. The SMILES string of the molecule is Cc1cc(N[C@H]2CC[C@H](O)C2)c2ccc(C3=CC=NC3)cc2n1. The van der Waals surface area contributed by atoms with Crippen LogP contribution in [0.4, 0.5) is 5.69 Å². The van der Waals surface area contributed by atoms with Crippen molar-refractivity contribution in [1.82, 2.24) is 4.98 Å². The van der Waals surface area contributed by atoms with E-state index in [0.29, 0.717) is 6.04 Å². The van der Waals surface area contributed by atoms with Gasteiger partial charge in [-0.25, -0.2) is 0 Å². The molecule has 2 N–H and O–H groups in total. The van der Waals surface area contributed by atoms with Gasteiger partial charge in [0.05, 0.1) is 18.2 Å². The van der Waals surface area contributed by atoms with Crippen LogP contribution in [-0.2, 0) is 0 Å². The fraction of sp³-hybridized carbons (Fsp3) is 0.368. The largest absolute Gasteiger partial charge is 0.393 e. The molecule has 4 rings (SSSR count). The van der Waals surface area contributed by atoms with Crippen LogP contribution in [-0.4, -0.2) is 35.0 Å². The van der Waals surface area contributed by atoms with Crippen molar-refractivity contribution in [3.63, 3.8) is 0 Å². The van der Waals surface area contributed by atoms with Crippen molar-refractivity contribution in [3.8, 4) is 0 Å². The topological polar surface area (TPSA) is 57.5 Å². The van der Waals surface area contributed by atoms with Gasteiger partial charge in [-0.1, -0.05) is 12.1 Å². The fourth-order valence-electron chi connectivity index (χ4n) is 3.52. The number of nitrogens with one attached hydrogen (secondary N) is 1. The summed E-state index contributed by atoms with van der Waals surface area (Å²) in [5, 5.41) is 14.5. The summed E-state index contributed by atoms with van der Waals surface area (Å²) in [6.45, 7) is 2.78. The van der Waals surface area contributed by atoms with E-state index in [-0.39, 0.29) is 6.10 Å². The second-order valence-electron chi connectivity index (χ2n) is 6.53. The molecule has 0 unspecified atom stereocenters. The molecule has 4 nitrogen and oxygen atoms in total. The summed E-state index contributed by atoms with van der Waals surface area (Å²) in [4.78, 5) is 8.96. The van der Waals surface area contributed by atoms with Crippen LogP contribution >= 0.6 is 0 Å². The van der Waals surface area contributed by atoms with Gasteiger partial charge in [0.15, 0.2) is 0 Å².